The maximum atomic E-state index is 9.76. The van der Waals surface area contributed by atoms with Crippen molar-refractivity contribution in [2.75, 3.05) is 13.1 Å². The number of nitrogens with zero attached hydrogens (tertiary/aromatic N) is 2. The summed E-state index contributed by atoms with van der Waals surface area (Å²) in [6.07, 6.45) is 1.78. The number of β-amino-alcohol motifs (C(OH)–C–C–N with tert-alkyl or cyclic N) is 1. The monoisotopic (exact) mass is 315 g/mol. The average Bonchev–Trinajstić information content (AvgIpc) is 3.02. The van der Waals surface area contributed by atoms with Crippen molar-refractivity contribution in [3.8, 4) is 0 Å². The van der Waals surface area contributed by atoms with Crippen LogP contribution >= 0.6 is 11.3 Å². The Morgan fingerprint density at radius 2 is 2.27 bits per heavy atom. The van der Waals surface area contributed by atoms with Gasteiger partial charge in [0.05, 0.1) is 16.7 Å². The lowest BCUT2D eigenvalue weighted by Gasteiger charge is -2.29. The molecular formula is C17H21N3OS. The summed E-state index contributed by atoms with van der Waals surface area (Å²) in [7, 11) is 0. The van der Waals surface area contributed by atoms with Crippen molar-refractivity contribution < 1.29 is 5.11 Å². The Hall–Kier alpha value is -1.69. The molecule has 0 spiro atoms. The van der Waals surface area contributed by atoms with E-state index in [9.17, 15) is 5.11 Å². The number of hydrogen-bond acceptors (Lipinski definition) is 4. The van der Waals surface area contributed by atoms with E-state index >= 15 is 0 Å². The van der Waals surface area contributed by atoms with E-state index in [0.29, 0.717) is 5.84 Å². The van der Waals surface area contributed by atoms with Gasteiger partial charge in [-0.15, -0.1) is 11.3 Å². The van der Waals surface area contributed by atoms with Gasteiger partial charge in [0.1, 0.15) is 5.84 Å². The summed E-state index contributed by atoms with van der Waals surface area (Å²) >= 11 is 1.59. The quantitative estimate of drug-likeness (QED) is 0.673. The number of piperidine rings is 1. The lowest BCUT2D eigenvalue weighted by molar-refractivity contribution is 0.0668. The van der Waals surface area contributed by atoms with Gasteiger partial charge in [0.2, 0.25) is 0 Å². The zero-order chi connectivity index (χ0) is 15.4. The molecule has 5 heteroatoms. The molecule has 22 heavy (non-hydrogen) atoms. The minimum Gasteiger partial charge on any atom is -0.392 e. The highest BCUT2D eigenvalue weighted by Crippen LogP contribution is 2.19. The van der Waals surface area contributed by atoms with E-state index in [0.717, 1.165) is 43.0 Å². The molecule has 1 aliphatic rings. The molecule has 0 amide bonds. The number of rotatable bonds is 4. The van der Waals surface area contributed by atoms with Crippen LogP contribution in [0.1, 0.15) is 23.3 Å². The Kier molecular flexibility index (Phi) is 4.87. The summed E-state index contributed by atoms with van der Waals surface area (Å²) in [5, 5.41) is 11.8. The third-order valence-corrected chi connectivity index (χ3v) is 4.71. The predicted molar refractivity (Wildman–Crippen MR) is 91.7 cm³/mol. The first-order valence-electron chi connectivity index (χ1n) is 7.58. The molecule has 1 fully saturated rings. The third-order valence-electron chi connectivity index (χ3n) is 3.82. The van der Waals surface area contributed by atoms with E-state index in [2.05, 4.69) is 22.0 Å². The summed E-state index contributed by atoms with van der Waals surface area (Å²) in [5.74, 6) is 0.556. The van der Waals surface area contributed by atoms with Crippen LogP contribution in [0.5, 0.6) is 0 Å². The molecule has 1 saturated heterocycles. The lowest BCUT2D eigenvalue weighted by atomic mass is 10.1. The molecule has 1 aliphatic heterocycles. The van der Waals surface area contributed by atoms with Crippen molar-refractivity contribution in [1.29, 1.82) is 0 Å². The van der Waals surface area contributed by atoms with Crippen LogP contribution in [0, 0.1) is 0 Å². The Morgan fingerprint density at radius 1 is 1.36 bits per heavy atom. The minimum atomic E-state index is -0.190. The average molecular weight is 315 g/mol. The summed E-state index contributed by atoms with van der Waals surface area (Å²) in [4.78, 5) is 7.79. The van der Waals surface area contributed by atoms with Crippen molar-refractivity contribution in [3.05, 3.63) is 52.2 Å². The summed E-state index contributed by atoms with van der Waals surface area (Å²) in [6, 6.07) is 12.1. The molecule has 0 radical (unpaired) electrons. The topological polar surface area (TPSA) is 61.8 Å². The molecule has 4 nitrogen and oxygen atoms in total. The maximum Gasteiger partial charge on any atom is 0.141 e. The van der Waals surface area contributed by atoms with Crippen LogP contribution < -0.4 is 5.73 Å². The largest absolute Gasteiger partial charge is 0.392 e. The van der Waals surface area contributed by atoms with Crippen molar-refractivity contribution >= 4 is 22.9 Å². The Labute approximate surface area is 134 Å². The van der Waals surface area contributed by atoms with Gasteiger partial charge in [-0.1, -0.05) is 18.2 Å². The van der Waals surface area contributed by atoms with E-state index < -0.39 is 0 Å². The molecule has 3 rings (SSSR count). The van der Waals surface area contributed by atoms with Crippen LogP contribution in [0.15, 0.2) is 46.8 Å². The normalized spacial score (nSPS) is 20.2. The fourth-order valence-electron chi connectivity index (χ4n) is 2.78. The van der Waals surface area contributed by atoms with Crippen molar-refractivity contribution in [1.82, 2.24) is 4.90 Å². The van der Waals surface area contributed by atoms with Crippen LogP contribution in [-0.4, -0.2) is 35.0 Å². The van der Waals surface area contributed by atoms with Crippen LogP contribution in [0.2, 0.25) is 0 Å². The molecule has 116 valence electrons. The number of nitrogens with two attached hydrogens (primary N) is 1. The second kappa shape index (κ2) is 7.05. The number of benzene rings is 1. The van der Waals surface area contributed by atoms with Gasteiger partial charge in [0.25, 0.3) is 0 Å². The molecule has 2 aromatic rings. The fraction of sp³-hybridized carbons (Fsp3) is 0.353. The Morgan fingerprint density at radius 3 is 3.05 bits per heavy atom. The summed E-state index contributed by atoms with van der Waals surface area (Å²) in [5.41, 5.74) is 8.12. The molecule has 0 bridgehead atoms. The molecule has 3 N–H and O–H groups in total. The molecule has 1 aromatic carbocycles. The van der Waals surface area contributed by atoms with Gasteiger partial charge in [-0.05, 0) is 48.5 Å². The number of aliphatic hydroxyl groups excluding tert-OH is 1. The smallest absolute Gasteiger partial charge is 0.141 e. The second-order valence-electron chi connectivity index (χ2n) is 5.68. The van der Waals surface area contributed by atoms with Gasteiger partial charge in [-0.25, -0.2) is 4.99 Å². The first-order chi connectivity index (χ1) is 10.7. The molecule has 1 atom stereocenters. The fourth-order valence-corrected chi connectivity index (χ4v) is 3.40. The summed E-state index contributed by atoms with van der Waals surface area (Å²) in [6.45, 7) is 2.64. The lowest BCUT2D eigenvalue weighted by Crippen LogP contribution is -2.37. The first kappa shape index (κ1) is 15.2. The van der Waals surface area contributed by atoms with Gasteiger partial charge in [-0.2, -0.15) is 0 Å². The zero-order valence-electron chi connectivity index (χ0n) is 12.5. The number of aliphatic hydroxyl groups is 1. The van der Waals surface area contributed by atoms with Crippen LogP contribution in [0.3, 0.4) is 0 Å². The van der Waals surface area contributed by atoms with Crippen LogP contribution in [0.4, 0.5) is 5.69 Å². The number of likely N-dealkylation sites (tertiary alicyclic amines) is 1. The second-order valence-corrected chi connectivity index (χ2v) is 6.62. The van der Waals surface area contributed by atoms with E-state index in [4.69, 9.17) is 5.73 Å². The van der Waals surface area contributed by atoms with Crippen LogP contribution in [0.25, 0.3) is 0 Å². The molecule has 0 saturated carbocycles. The highest BCUT2D eigenvalue weighted by molar-refractivity contribution is 7.12. The van der Waals surface area contributed by atoms with E-state index in [-0.39, 0.29) is 6.10 Å². The number of thiophene rings is 1. The van der Waals surface area contributed by atoms with Crippen molar-refractivity contribution in [3.63, 3.8) is 0 Å². The maximum absolute atomic E-state index is 9.76. The number of aliphatic imine (C=N–C) groups is 1. The Balaban J connectivity index is 1.71. The SMILES string of the molecule is NC(=Nc1cccc(CN2CCCC(O)C2)c1)c1cccs1. The van der Waals surface area contributed by atoms with Gasteiger partial charge in [0, 0.05) is 13.1 Å². The van der Waals surface area contributed by atoms with Crippen molar-refractivity contribution in [2.45, 2.75) is 25.5 Å². The Bertz CT molecular complexity index is 639. The predicted octanol–water partition coefficient (Wildman–Crippen LogP) is 2.74. The van der Waals surface area contributed by atoms with E-state index in [1.807, 2.05) is 29.6 Å². The van der Waals surface area contributed by atoms with Crippen molar-refractivity contribution in [2.24, 2.45) is 10.7 Å². The molecule has 1 unspecified atom stereocenters. The molecule has 0 aliphatic carbocycles. The van der Waals surface area contributed by atoms with Gasteiger partial charge in [-0.3, -0.25) is 4.90 Å². The highest BCUT2D eigenvalue weighted by atomic mass is 32.1. The highest BCUT2D eigenvalue weighted by Gasteiger charge is 2.17. The standard InChI is InChI=1S/C17H21N3OS/c18-17(16-7-3-9-22-16)19-14-5-1-4-13(10-14)11-20-8-2-6-15(21)12-20/h1,3-5,7,9-10,15,21H,2,6,8,11-12H2,(H2,18,19). The number of amidine groups is 1. The van der Waals surface area contributed by atoms with Crippen LogP contribution in [-0.2, 0) is 6.54 Å². The van der Waals surface area contributed by atoms with Gasteiger partial charge >= 0.3 is 0 Å². The van der Waals surface area contributed by atoms with Gasteiger partial charge < -0.3 is 10.8 Å². The van der Waals surface area contributed by atoms with E-state index in [1.54, 1.807) is 11.3 Å². The molecular weight excluding hydrogens is 294 g/mol. The van der Waals surface area contributed by atoms with Gasteiger partial charge in [0.15, 0.2) is 0 Å². The zero-order valence-corrected chi connectivity index (χ0v) is 13.3. The third kappa shape index (κ3) is 3.94. The molecule has 1 aromatic heterocycles. The minimum absolute atomic E-state index is 0.190. The number of hydrogen-bond donors (Lipinski definition) is 2. The molecule has 2 heterocycles. The first-order valence-corrected chi connectivity index (χ1v) is 8.46. The van der Waals surface area contributed by atoms with E-state index in [1.165, 1.54) is 5.56 Å². The summed E-state index contributed by atoms with van der Waals surface area (Å²) < 4.78 is 0.